The maximum Gasteiger partial charge on any atom is 0.329 e. The number of methoxy groups -OCH3 is 1. The lowest BCUT2D eigenvalue weighted by Crippen LogP contribution is -2.49. The van der Waals surface area contributed by atoms with Crippen molar-refractivity contribution in [3.63, 3.8) is 0 Å². The van der Waals surface area contributed by atoms with Crippen molar-refractivity contribution >= 4 is 57.8 Å². The first kappa shape index (κ1) is 46.8. The van der Waals surface area contributed by atoms with Gasteiger partial charge in [-0.25, -0.2) is 13.6 Å². The van der Waals surface area contributed by atoms with Gasteiger partial charge < -0.3 is 36.1 Å². The van der Waals surface area contributed by atoms with Gasteiger partial charge in [-0.2, -0.15) is 5.10 Å². The molecule has 5 amide bonds. The Hall–Kier alpha value is -6.30. The molecule has 5 aromatic rings. The average Bonchev–Trinajstić information content (AvgIpc) is 3.82. The second-order valence-corrected chi connectivity index (χ2v) is 18.7. The topological polar surface area (TPSA) is 185 Å². The molecule has 68 heavy (non-hydrogen) atoms. The van der Waals surface area contributed by atoms with Crippen molar-refractivity contribution in [2.24, 2.45) is 18.7 Å². The maximum atomic E-state index is 16.2. The fraction of sp³-hybridized carbons (Fsp3) is 0.420. The summed E-state index contributed by atoms with van der Waals surface area (Å²) in [6.07, 6.45) is 5.01. The van der Waals surface area contributed by atoms with E-state index in [0.29, 0.717) is 37.3 Å². The number of anilines is 2. The molecule has 6 N–H and O–H groups in total. The van der Waals surface area contributed by atoms with Crippen LogP contribution in [-0.2, 0) is 22.2 Å². The van der Waals surface area contributed by atoms with Crippen LogP contribution in [0.3, 0.4) is 0 Å². The van der Waals surface area contributed by atoms with Gasteiger partial charge in [0.2, 0.25) is 17.7 Å². The fourth-order valence-electron chi connectivity index (χ4n) is 10.6. The Labute approximate surface area is 398 Å². The van der Waals surface area contributed by atoms with Crippen LogP contribution < -0.4 is 41.4 Å². The molecule has 1 aliphatic carbocycles. The number of carbonyl (C=O) groups is 4. The van der Waals surface area contributed by atoms with Crippen LogP contribution in [0.25, 0.3) is 22.0 Å². The number of halogens is 3. The van der Waals surface area contributed by atoms with Gasteiger partial charge >= 0.3 is 6.03 Å². The monoisotopic (exact) mass is 951 g/mol. The lowest BCUT2D eigenvalue weighted by atomic mass is 9.77. The Morgan fingerprint density at radius 3 is 2.43 bits per heavy atom. The van der Waals surface area contributed by atoms with E-state index in [4.69, 9.17) is 26.8 Å². The van der Waals surface area contributed by atoms with E-state index >= 15 is 8.78 Å². The molecule has 4 aliphatic rings. The third-order valence-corrected chi connectivity index (χ3v) is 14.7. The number of aromatic nitrogens is 2. The molecule has 1 saturated carbocycles. The predicted octanol–water partition coefficient (Wildman–Crippen LogP) is 6.96. The van der Waals surface area contributed by atoms with E-state index in [-0.39, 0.29) is 76.0 Å². The summed E-state index contributed by atoms with van der Waals surface area (Å²) in [5.74, 6) is -2.93. The average molecular weight is 953 g/mol. The zero-order chi connectivity index (χ0) is 47.9. The molecule has 15 nitrogen and oxygen atoms in total. The van der Waals surface area contributed by atoms with Crippen molar-refractivity contribution in [2.45, 2.75) is 75.5 Å². The Morgan fingerprint density at radius 1 is 0.971 bits per heavy atom. The third-order valence-electron chi connectivity index (χ3n) is 14.3. The smallest absolute Gasteiger partial charge is 0.329 e. The number of fused-ring (bicyclic) bond motifs is 2. The zero-order valence-corrected chi connectivity index (χ0v) is 39.1. The van der Waals surface area contributed by atoms with Crippen LogP contribution in [0.5, 0.6) is 11.5 Å². The Kier molecular flexibility index (Phi) is 13.3. The number of hydrogen-bond acceptors (Lipinski definition) is 10. The zero-order valence-electron chi connectivity index (χ0n) is 38.3. The number of benzene rings is 4. The molecule has 0 spiro atoms. The van der Waals surface area contributed by atoms with Gasteiger partial charge in [-0.15, -0.1) is 0 Å². The summed E-state index contributed by atoms with van der Waals surface area (Å²) in [5, 5.41) is 18.1. The first-order valence-electron chi connectivity index (χ1n) is 23.3. The number of aryl methyl sites for hydroxylation is 1. The molecule has 3 aliphatic heterocycles. The van der Waals surface area contributed by atoms with Gasteiger partial charge in [-0.05, 0) is 68.4 Å². The Morgan fingerprint density at radius 2 is 1.72 bits per heavy atom. The molecule has 0 bridgehead atoms. The largest absolute Gasteiger partial charge is 0.494 e. The van der Waals surface area contributed by atoms with E-state index in [2.05, 4.69) is 31.3 Å². The summed E-state index contributed by atoms with van der Waals surface area (Å²) in [7, 11) is 3.15. The highest BCUT2D eigenvalue weighted by molar-refractivity contribution is 6.34. The predicted molar refractivity (Wildman–Crippen MR) is 255 cm³/mol. The molecule has 9 rings (SSSR count). The van der Waals surface area contributed by atoms with Crippen LogP contribution in [0, 0.1) is 17.6 Å². The number of para-hydroxylation sites is 1. The number of ether oxygens (including phenoxy) is 2. The van der Waals surface area contributed by atoms with Crippen molar-refractivity contribution in [3.8, 4) is 22.6 Å². The van der Waals surface area contributed by atoms with Gasteiger partial charge in [-0.3, -0.25) is 29.3 Å². The van der Waals surface area contributed by atoms with Gasteiger partial charge in [0.15, 0.2) is 23.0 Å². The number of likely N-dealkylation sites (tertiary alicyclic amines) is 1. The quantitative estimate of drug-likeness (QED) is 0.0780. The maximum absolute atomic E-state index is 16.2. The number of amides is 5. The van der Waals surface area contributed by atoms with Crippen molar-refractivity contribution < 1.29 is 37.4 Å². The number of nitrogens with one attached hydrogen (secondary N) is 4. The van der Waals surface area contributed by atoms with Crippen LogP contribution in [0.2, 0.25) is 5.02 Å². The molecule has 2 unspecified atom stereocenters. The summed E-state index contributed by atoms with van der Waals surface area (Å²) in [4.78, 5) is 54.3. The van der Waals surface area contributed by atoms with Gasteiger partial charge in [0.25, 0.3) is 0 Å². The number of rotatable bonds is 14. The van der Waals surface area contributed by atoms with E-state index < -0.39 is 35.1 Å². The van der Waals surface area contributed by atoms with E-state index in [1.54, 1.807) is 4.68 Å². The molecule has 2 saturated heterocycles. The first-order chi connectivity index (χ1) is 32.8. The molecule has 4 aromatic carbocycles. The Bertz CT molecular complexity index is 2760. The van der Waals surface area contributed by atoms with Crippen molar-refractivity contribution in [1.29, 1.82) is 0 Å². The van der Waals surface area contributed by atoms with E-state index in [9.17, 15) is 19.2 Å². The van der Waals surface area contributed by atoms with Crippen LogP contribution in [0.1, 0.15) is 79.3 Å². The number of imide groups is 1. The minimum Gasteiger partial charge on any atom is -0.494 e. The second kappa shape index (κ2) is 19.4. The molecule has 18 heteroatoms. The van der Waals surface area contributed by atoms with Crippen molar-refractivity contribution in [1.82, 2.24) is 30.6 Å². The minimum absolute atomic E-state index is 0.0108. The number of nitrogens with two attached hydrogens (primary N) is 1. The molecular weight excluding hydrogens is 896 g/mol. The first-order valence-corrected chi connectivity index (χ1v) is 23.7. The second-order valence-electron chi connectivity index (χ2n) is 18.3. The lowest BCUT2D eigenvalue weighted by Gasteiger charge is -2.37. The van der Waals surface area contributed by atoms with Crippen LogP contribution in [0.4, 0.5) is 25.1 Å². The summed E-state index contributed by atoms with van der Waals surface area (Å²) in [6, 6.07) is 19.2. The van der Waals surface area contributed by atoms with Crippen LogP contribution in [-0.4, -0.2) is 96.9 Å². The number of carbonyl (C=O) groups excluding carboxylic acids is 4. The van der Waals surface area contributed by atoms with Gasteiger partial charge in [0, 0.05) is 105 Å². The van der Waals surface area contributed by atoms with Gasteiger partial charge in [0.1, 0.15) is 11.6 Å². The van der Waals surface area contributed by atoms with E-state index in [0.717, 1.165) is 67.5 Å². The SMILES string of the molecule is COc1ccc(C(N)=O)c(-c2c(Cl)c(F)cc3c2C(C)C(CNC2CCC(C(=O)NCCN4CCC(Nc5cccc6c(N7CCC(=O)NC7=O)nn(C)c56)CC4)CC2)(c2ccccc2)O3)c1F. The number of primary amides is 1. The molecular formula is C50H56ClF2N9O6. The third kappa shape index (κ3) is 8.82. The molecule has 4 heterocycles. The fourth-order valence-corrected chi connectivity index (χ4v) is 10.9. The lowest BCUT2D eigenvalue weighted by molar-refractivity contribution is -0.126. The summed E-state index contributed by atoms with van der Waals surface area (Å²) >= 11 is 6.68. The highest BCUT2D eigenvalue weighted by Crippen LogP contribution is 2.56. The number of nitrogens with zero attached hydrogens (tertiary/aromatic N) is 4. The molecule has 3 fully saturated rings. The van der Waals surface area contributed by atoms with Gasteiger partial charge in [0.05, 0.1) is 28.9 Å². The highest BCUT2D eigenvalue weighted by atomic mass is 35.5. The van der Waals surface area contributed by atoms with Gasteiger partial charge in [-0.1, -0.05) is 54.9 Å². The Balaban J connectivity index is 0.784. The van der Waals surface area contributed by atoms with E-state index in [1.807, 2.05) is 62.5 Å². The number of urea groups is 1. The van der Waals surface area contributed by atoms with Crippen LogP contribution >= 0.6 is 11.6 Å². The molecule has 2 atom stereocenters. The normalized spacial score (nSPS) is 22.1. The summed E-state index contributed by atoms with van der Waals surface area (Å²) in [6.45, 7) is 5.59. The molecule has 358 valence electrons. The van der Waals surface area contributed by atoms with Crippen molar-refractivity contribution in [2.75, 3.05) is 56.6 Å². The molecule has 0 radical (unpaired) electrons. The van der Waals surface area contributed by atoms with E-state index in [1.165, 1.54) is 30.2 Å². The standard InChI is InChI=1S/C50H56ClF2N9O6/c1-28-40-38(26-35(52)43(51)42(40)41-33(46(54)64)16-17-37(67-3)44(41)53)68-50(28,30-8-5-4-6-9-30)27-56-31-14-12-29(13-15-31)48(65)55-21-25-61-22-18-32(19-23-61)57-36-11-7-10-34-45(36)60(2)59-47(34)62-24-20-39(63)58-49(62)66/h4-11,16-17,26,28-29,31-32,56-57H,12-15,18-25,27H2,1-3H3,(H2,54,64)(H,55,65)(H,58,63,66). The summed E-state index contributed by atoms with van der Waals surface area (Å²) < 4.78 is 45.7. The minimum atomic E-state index is -1.08. The molecule has 1 aromatic heterocycles. The van der Waals surface area contributed by atoms with Crippen molar-refractivity contribution in [3.05, 3.63) is 100 Å². The number of piperidine rings is 1. The van der Waals surface area contributed by atoms with Crippen LogP contribution in [0.15, 0.2) is 66.7 Å². The number of hydrogen-bond donors (Lipinski definition) is 5. The highest BCUT2D eigenvalue weighted by Gasteiger charge is 2.50. The summed E-state index contributed by atoms with van der Waals surface area (Å²) in [5.41, 5.74) is 7.31.